The smallest absolute Gasteiger partial charge is 0.340 e. The molecule has 2 N–H and O–H groups in total. The van der Waals surface area contributed by atoms with Crippen LogP contribution < -0.4 is 10.6 Å². The zero-order valence-electron chi connectivity index (χ0n) is 13.0. The average Bonchev–Trinajstić information content (AvgIpc) is 2.55. The van der Waals surface area contributed by atoms with Crippen LogP contribution in [0.1, 0.15) is 28.7 Å². The standard InChI is InChI=1S/C16H18N4O3/c1-3-23-15(21)13-6-4-5-7-14(13)20-16(22)19-10-12-9-17-11(2)8-18-12/h4-9H,3,10H2,1-2H3,(H2,19,20,22). The number of ether oxygens (including phenoxy) is 1. The van der Waals surface area contributed by atoms with E-state index in [4.69, 9.17) is 4.74 Å². The van der Waals surface area contributed by atoms with Gasteiger partial charge in [-0.05, 0) is 26.0 Å². The molecule has 0 aliphatic rings. The monoisotopic (exact) mass is 314 g/mol. The van der Waals surface area contributed by atoms with Crippen molar-refractivity contribution in [2.75, 3.05) is 11.9 Å². The Morgan fingerprint density at radius 3 is 2.65 bits per heavy atom. The molecule has 1 aromatic heterocycles. The third-order valence-electron chi connectivity index (χ3n) is 2.94. The minimum absolute atomic E-state index is 0.237. The molecule has 0 saturated heterocycles. The highest BCUT2D eigenvalue weighted by Gasteiger charge is 2.13. The normalized spacial score (nSPS) is 10.0. The molecular formula is C16H18N4O3. The number of amides is 2. The lowest BCUT2D eigenvalue weighted by Gasteiger charge is -2.11. The Hall–Kier alpha value is -2.96. The Labute approximate surface area is 134 Å². The Morgan fingerprint density at radius 2 is 1.96 bits per heavy atom. The molecule has 7 heteroatoms. The number of hydrogen-bond donors (Lipinski definition) is 2. The molecule has 0 saturated carbocycles. The van der Waals surface area contributed by atoms with Gasteiger partial charge >= 0.3 is 12.0 Å². The lowest BCUT2D eigenvalue weighted by molar-refractivity contribution is 0.0527. The van der Waals surface area contributed by atoms with Gasteiger partial charge in [0.15, 0.2) is 0 Å². The topological polar surface area (TPSA) is 93.2 Å². The molecule has 2 rings (SSSR count). The van der Waals surface area contributed by atoms with Crippen LogP contribution in [0.25, 0.3) is 0 Å². The lowest BCUT2D eigenvalue weighted by atomic mass is 10.2. The minimum Gasteiger partial charge on any atom is -0.462 e. The molecule has 0 radical (unpaired) electrons. The fourth-order valence-corrected chi connectivity index (χ4v) is 1.83. The largest absolute Gasteiger partial charge is 0.462 e. The summed E-state index contributed by atoms with van der Waals surface area (Å²) in [4.78, 5) is 32.1. The highest BCUT2D eigenvalue weighted by molar-refractivity contribution is 6.00. The van der Waals surface area contributed by atoms with E-state index in [0.29, 0.717) is 16.9 Å². The first-order chi connectivity index (χ1) is 11.1. The third kappa shape index (κ3) is 4.77. The zero-order chi connectivity index (χ0) is 16.7. The number of anilines is 1. The van der Waals surface area contributed by atoms with Gasteiger partial charge in [0.2, 0.25) is 0 Å². The first kappa shape index (κ1) is 16.4. The number of benzene rings is 1. The Morgan fingerprint density at radius 1 is 1.17 bits per heavy atom. The third-order valence-corrected chi connectivity index (χ3v) is 2.94. The maximum Gasteiger partial charge on any atom is 0.340 e. The van der Waals surface area contributed by atoms with Gasteiger partial charge in [0.25, 0.3) is 0 Å². The summed E-state index contributed by atoms with van der Waals surface area (Å²) in [7, 11) is 0. The summed E-state index contributed by atoms with van der Waals surface area (Å²) >= 11 is 0. The molecule has 2 amide bonds. The highest BCUT2D eigenvalue weighted by Crippen LogP contribution is 2.16. The van der Waals surface area contributed by atoms with Gasteiger partial charge in [-0.25, -0.2) is 9.59 Å². The SMILES string of the molecule is CCOC(=O)c1ccccc1NC(=O)NCc1cnc(C)cn1. The van der Waals surface area contributed by atoms with Crippen molar-refractivity contribution in [3.63, 3.8) is 0 Å². The van der Waals surface area contributed by atoms with Crippen LogP contribution in [-0.4, -0.2) is 28.6 Å². The van der Waals surface area contributed by atoms with E-state index in [1.807, 2.05) is 6.92 Å². The van der Waals surface area contributed by atoms with Crippen LogP contribution in [0, 0.1) is 6.92 Å². The van der Waals surface area contributed by atoms with Crippen molar-refractivity contribution in [3.05, 3.63) is 53.6 Å². The zero-order valence-corrected chi connectivity index (χ0v) is 13.0. The minimum atomic E-state index is -0.479. The number of carbonyl (C=O) groups is 2. The summed E-state index contributed by atoms with van der Waals surface area (Å²) in [5, 5.41) is 5.29. The van der Waals surface area contributed by atoms with E-state index in [2.05, 4.69) is 20.6 Å². The number of esters is 1. The molecule has 0 aliphatic heterocycles. The van der Waals surface area contributed by atoms with Gasteiger partial charge < -0.3 is 15.4 Å². The maximum atomic E-state index is 12.0. The molecule has 0 aliphatic carbocycles. The van der Waals surface area contributed by atoms with E-state index in [0.717, 1.165) is 5.69 Å². The average molecular weight is 314 g/mol. The van der Waals surface area contributed by atoms with E-state index < -0.39 is 12.0 Å². The van der Waals surface area contributed by atoms with Crippen molar-refractivity contribution in [1.29, 1.82) is 0 Å². The van der Waals surface area contributed by atoms with Crippen LogP contribution in [0.5, 0.6) is 0 Å². The van der Waals surface area contributed by atoms with Gasteiger partial charge in [-0.2, -0.15) is 0 Å². The predicted molar refractivity (Wildman–Crippen MR) is 85.0 cm³/mol. The second-order valence-corrected chi connectivity index (χ2v) is 4.72. The number of rotatable bonds is 5. The lowest BCUT2D eigenvalue weighted by Crippen LogP contribution is -2.29. The number of urea groups is 1. The summed E-state index contributed by atoms with van der Waals surface area (Å²) in [6, 6.07) is 6.22. The van der Waals surface area contributed by atoms with Crippen LogP contribution in [-0.2, 0) is 11.3 Å². The maximum absolute atomic E-state index is 12.0. The number of hydrogen-bond acceptors (Lipinski definition) is 5. The molecule has 0 bridgehead atoms. The quantitative estimate of drug-likeness (QED) is 0.826. The summed E-state index contributed by atoms with van der Waals surface area (Å²) in [5.74, 6) is -0.479. The van der Waals surface area contributed by atoms with Gasteiger partial charge in [-0.3, -0.25) is 9.97 Å². The predicted octanol–water partition coefficient (Wildman–Crippen LogP) is 2.28. The van der Waals surface area contributed by atoms with Gasteiger partial charge in [-0.15, -0.1) is 0 Å². The first-order valence-electron chi connectivity index (χ1n) is 7.18. The first-order valence-corrected chi connectivity index (χ1v) is 7.18. The van der Waals surface area contributed by atoms with E-state index in [1.165, 1.54) is 0 Å². The molecule has 0 unspecified atom stereocenters. The molecule has 120 valence electrons. The van der Waals surface area contributed by atoms with Crippen molar-refractivity contribution >= 4 is 17.7 Å². The van der Waals surface area contributed by atoms with Crippen LogP contribution in [0.2, 0.25) is 0 Å². The number of aryl methyl sites for hydroxylation is 1. The summed E-state index contributed by atoms with van der Waals surface area (Å²) < 4.78 is 4.96. The number of aromatic nitrogens is 2. The van der Waals surface area contributed by atoms with Gasteiger partial charge in [0.1, 0.15) is 0 Å². The van der Waals surface area contributed by atoms with E-state index >= 15 is 0 Å². The molecular weight excluding hydrogens is 296 g/mol. The highest BCUT2D eigenvalue weighted by atomic mass is 16.5. The number of nitrogens with zero attached hydrogens (tertiary/aromatic N) is 2. The molecule has 7 nitrogen and oxygen atoms in total. The van der Waals surface area contributed by atoms with Crippen molar-refractivity contribution in [3.8, 4) is 0 Å². The molecule has 23 heavy (non-hydrogen) atoms. The molecule has 1 aromatic carbocycles. The van der Waals surface area contributed by atoms with Crippen LogP contribution in [0.4, 0.5) is 10.5 Å². The summed E-state index contributed by atoms with van der Waals surface area (Å²) in [6.45, 7) is 4.07. The van der Waals surface area contributed by atoms with Crippen molar-refractivity contribution < 1.29 is 14.3 Å². The van der Waals surface area contributed by atoms with Crippen LogP contribution >= 0.6 is 0 Å². The van der Waals surface area contributed by atoms with Crippen LogP contribution in [0.15, 0.2) is 36.7 Å². The van der Waals surface area contributed by atoms with Gasteiger partial charge in [0, 0.05) is 6.20 Å². The van der Waals surface area contributed by atoms with Gasteiger partial charge in [0.05, 0.1) is 42.0 Å². The summed E-state index contributed by atoms with van der Waals surface area (Å²) in [6.07, 6.45) is 3.23. The van der Waals surface area contributed by atoms with Gasteiger partial charge in [-0.1, -0.05) is 12.1 Å². The van der Waals surface area contributed by atoms with E-state index in [9.17, 15) is 9.59 Å². The molecule has 1 heterocycles. The number of carbonyl (C=O) groups excluding carboxylic acids is 2. The van der Waals surface area contributed by atoms with Crippen molar-refractivity contribution in [1.82, 2.24) is 15.3 Å². The molecule has 2 aromatic rings. The van der Waals surface area contributed by atoms with Crippen molar-refractivity contribution in [2.24, 2.45) is 0 Å². The Kier molecular flexibility index (Phi) is 5.62. The second kappa shape index (κ2) is 7.88. The molecule has 0 fully saturated rings. The number of para-hydroxylation sites is 1. The van der Waals surface area contributed by atoms with Crippen molar-refractivity contribution in [2.45, 2.75) is 20.4 Å². The fraction of sp³-hybridized carbons (Fsp3) is 0.250. The molecule has 0 atom stereocenters. The van der Waals surface area contributed by atoms with E-state index in [1.54, 1.807) is 43.6 Å². The Bertz CT molecular complexity index is 686. The number of nitrogens with one attached hydrogen (secondary N) is 2. The second-order valence-electron chi connectivity index (χ2n) is 4.72. The fourth-order valence-electron chi connectivity index (χ4n) is 1.83. The Balaban J connectivity index is 1.97. The molecule has 0 spiro atoms. The van der Waals surface area contributed by atoms with E-state index in [-0.39, 0.29) is 13.2 Å². The summed E-state index contributed by atoms with van der Waals surface area (Å²) in [5.41, 5.74) is 2.14. The van der Waals surface area contributed by atoms with Crippen LogP contribution in [0.3, 0.4) is 0 Å².